The molecule has 5 rings (SSSR count). The van der Waals surface area contributed by atoms with E-state index in [4.69, 9.17) is 9.84 Å². The number of benzene rings is 2. The highest BCUT2D eigenvalue weighted by Crippen LogP contribution is 2.29. The number of hydrogen-bond acceptors (Lipinski definition) is 4. The molecule has 0 amide bonds. The van der Waals surface area contributed by atoms with E-state index in [1.807, 2.05) is 49.4 Å². The van der Waals surface area contributed by atoms with Gasteiger partial charge in [-0.05, 0) is 50.6 Å². The lowest BCUT2D eigenvalue weighted by Crippen LogP contribution is -2.21. The summed E-state index contributed by atoms with van der Waals surface area (Å²) in [6.07, 6.45) is 2.44. The summed E-state index contributed by atoms with van der Waals surface area (Å²) in [4.78, 5) is 19.5. The second kappa shape index (κ2) is 8.04. The van der Waals surface area contributed by atoms with Gasteiger partial charge in [-0.1, -0.05) is 42.5 Å². The van der Waals surface area contributed by atoms with Crippen molar-refractivity contribution in [3.8, 4) is 28.1 Å². The third-order valence-electron chi connectivity index (χ3n) is 6.08. The maximum Gasteiger partial charge on any atom is 0.282 e. The zero-order valence-electron chi connectivity index (χ0n) is 17.9. The Morgan fingerprint density at radius 1 is 1.00 bits per heavy atom. The van der Waals surface area contributed by atoms with Crippen molar-refractivity contribution in [2.75, 3.05) is 20.2 Å². The van der Waals surface area contributed by atoms with E-state index in [0.717, 1.165) is 59.1 Å². The summed E-state index contributed by atoms with van der Waals surface area (Å²) in [5.41, 5.74) is 5.96. The molecule has 1 N–H and O–H groups in total. The third kappa shape index (κ3) is 3.53. The molecule has 0 atom stereocenters. The van der Waals surface area contributed by atoms with Crippen molar-refractivity contribution in [3.63, 3.8) is 0 Å². The molecule has 2 aromatic heterocycles. The molecular weight excluding hydrogens is 388 g/mol. The third-order valence-corrected chi connectivity index (χ3v) is 6.08. The Hall–Kier alpha value is -3.38. The van der Waals surface area contributed by atoms with E-state index in [0.29, 0.717) is 5.56 Å². The van der Waals surface area contributed by atoms with Crippen LogP contribution in [0, 0.1) is 6.92 Å². The molecule has 1 aliphatic heterocycles. The number of nitrogens with zero attached hydrogens (tertiary/aromatic N) is 3. The molecule has 4 aromatic rings. The second-order valence-corrected chi connectivity index (χ2v) is 8.10. The van der Waals surface area contributed by atoms with Crippen LogP contribution in [0.25, 0.3) is 28.0 Å². The molecule has 0 spiro atoms. The van der Waals surface area contributed by atoms with Gasteiger partial charge in [0.2, 0.25) is 0 Å². The summed E-state index contributed by atoms with van der Waals surface area (Å²) >= 11 is 0. The molecule has 0 aliphatic carbocycles. The standard InChI is InChI=1S/C25H26N4O2/c1-17-22(18-10-12-20(31-2)13-11-18)25(30)29-24(26-17)21(16-28-14-6-7-15-28)23(27-29)19-8-4-3-5-9-19/h3-5,8-13,26H,6-7,14-16H2,1-2H3. The fourth-order valence-corrected chi connectivity index (χ4v) is 4.47. The Morgan fingerprint density at radius 2 is 1.71 bits per heavy atom. The van der Waals surface area contributed by atoms with Gasteiger partial charge in [0.15, 0.2) is 0 Å². The van der Waals surface area contributed by atoms with Gasteiger partial charge in [-0.15, -0.1) is 0 Å². The summed E-state index contributed by atoms with van der Waals surface area (Å²) in [5, 5.41) is 4.81. The van der Waals surface area contributed by atoms with Crippen molar-refractivity contribution in [2.24, 2.45) is 0 Å². The molecule has 0 saturated carbocycles. The fourth-order valence-electron chi connectivity index (χ4n) is 4.47. The van der Waals surface area contributed by atoms with E-state index in [2.05, 4.69) is 22.0 Å². The van der Waals surface area contributed by atoms with Crippen molar-refractivity contribution in [2.45, 2.75) is 26.3 Å². The highest BCUT2D eigenvalue weighted by atomic mass is 16.5. The van der Waals surface area contributed by atoms with Crippen molar-refractivity contribution in [3.05, 3.63) is 76.2 Å². The predicted molar refractivity (Wildman–Crippen MR) is 122 cm³/mol. The highest BCUT2D eigenvalue weighted by Gasteiger charge is 2.23. The minimum Gasteiger partial charge on any atom is -0.497 e. The molecule has 0 radical (unpaired) electrons. The zero-order chi connectivity index (χ0) is 21.4. The average molecular weight is 415 g/mol. The van der Waals surface area contributed by atoms with Crippen LogP contribution in [0.15, 0.2) is 59.4 Å². The summed E-state index contributed by atoms with van der Waals surface area (Å²) in [7, 11) is 1.63. The zero-order valence-corrected chi connectivity index (χ0v) is 17.9. The summed E-state index contributed by atoms with van der Waals surface area (Å²) in [6.45, 7) is 4.90. The molecule has 158 valence electrons. The number of fused-ring (bicyclic) bond motifs is 1. The molecule has 6 nitrogen and oxygen atoms in total. The van der Waals surface area contributed by atoms with E-state index in [1.54, 1.807) is 11.6 Å². The fraction of sp³-hybridized carbons (Fsp3) is 0.280. The van der Waals surface area contributed by atoms with Crippen molar-refractivity contribution in [1.29, 1.82) is 0 Å². The van der Waals surface area contributed by atoms with E-state index in [-0.39, 0.29) is 5.56 Å². The number of aryl methyl sites for hydroxylation is 1. The molecular formula is C25H26N4O2. The Labute approximate surface area is 181 Å². The number of aromatic amines is 1. The molecule has 1 fully saturated rings. The maximum absolute atomic E-state index is 13.6. The van der Waals surface area contributed by atoms with Crippen LogP contribution in [0.1, 0.15) is 24.1 Å². The predicted octanol–water partition coefficient (Wildman–Crippen LogP) is 4.27. The smallest absolute Gasteiger partial charge is 0.282 e. The number of ether oxygens (including phenoxy) is 1. The van der Waals surface area contributed by atoms with Gasteiger partial charge in [0, 0.05) is 23.4 Å². The Bertz CT molecular complexity index is 1270. The number of rotatable bonds is 5. The lowest BCUT2D eigenvalue weighted by atomic mass is 10.1. The van der Waals surface area contributed by atoms with E-state index >= 15 is 0 Å². The second-order valence-electron chi connectivity index (χ2n) is 8.10. The van der Waals surface area contributed by atoms with E-state index in [1.165, 1.54) is 12.8 Å². The first-order valence-corrected chi connectivity index (χ1v) is 10.7. The Balaban J connectivity index is 1.71. The van der Waals surface area contributed by atoms with Crippen LogP contribution in [-0.4, -0.2) is 39.7 Å². The molecule has 1 saturated heterocycles. The number of likely N-dealkylation sites (tertiary alicyclic amines) is 1. The Kier molecular flexibility index (Phi) is 5.08. The van der Waals surface area contributed by atoms with Gasteiger partial charge < -0.3 is 9.72 Å². The topological polar surface area (TPSA) is 62.6 Å². The van der Waals surface area contributed by atoms with Gasteiger partial charge in [-0.25, -0.2) is 0 Å². The number of methoxy groups -OCH3 is 1. The Morgan fingerprint density at radius 3 is 2.39 bits per heavy atom. The van der Waals surface area contributed by atoms with Crippen LogP contribution < -0.4 is 10.3 Å². The number of nitrogens with one attached hydrogen (secondary N) is 1. The normalized spacial score (nSPS) is 14.4. The quantitative estimate of drug-likeness (QED) is 0.530. The minimum absolute atomic E-state index is 0.110. The number of H-pyrrole nitrogens is 1. The molecule has 6 heteroatoms. The minimum atomic E-state index is -0.110. The molecule has 2 aromatic carbocycles. The molecule has 0 unspecified atom stereocenters. The molecule has 1 aliphatic rings. The van der Waals surface area contributed by atoms with Crippen LogP contribution in [0.5, 0.6) is 5.75 Å². The van der Waals surface area contributed by atoms with Gasteiger partial charge in [-0.3, -0.25) is 9.69 Å². The van der Waals surface area contributed by atoms with Crippen molar-refractivity contribution < 1.29 is 4.74 Å². The molecule has 31 heavy (non-hydrogen) atoms. The van der Waals surface area contributed by atoms with E-state index in [9.17, 15) is 4.79 Å². The molecule has 3 heterocycles. The number of hydrogen-bond donors (Lipinski definition) is 1. The van der Waals surface area contributed by atoms with Crippen molar-refractivity contribution >= 4 is 5.65 Å². The maximum atomic E-state index is 13.6. The molecule has 0 bridgehead atoms. The van der Waals surface area contributed by atoms with Crippen LogP contribution in [0.2, 0.25) is 0 Å². The highest BCUT2D eigenvalue weighted by molar-refractivity contribution is 5.73. The first kappa shape index (κ1) is 19.6. The van der Waals surface area contributed by atoms with Gasteiger partial charge in [-0.2, -0.15) is 9.61 Å². The summed E-state index contributed by atoms with van der Waals surface area (Å²) in [6, 6.07) is 17.7. The SMILES string of the molecule is COc1ccc(-c2c(C)[nH]c3c(CN4CCCC4)c(-c4ccccc4)nn3c2=O)cc1. The van der Waals surface area contributed by atoms with Crippen LogP contribution in [-0.2, 0) is 6.54 Å². The van der Waals surface area contributed by atoms with Crippen LogP contribution >= 0.6 is 0 Å². The van der Waals surface area contributed by atoms with Gasteiger partial charge >= 0.3 is 0 Å². The van der Waals surface area contributed by atoms with Crippen molar-refractivity contribution in [1.82, 2.24) is 19.5 Å². The average Bonchev–Trinajstić information content (AvgIpc) is 3.44. The summed E-state index contributed by atoms with van der Waals surface area (Å²) < 4.78 is 6.80. The lowest BCUT2D eigenvalue weighted by Gasteiger charge is -2.15. The van der Waals surface area contributed by atoms with Crippen LogP contribution in [0.3, 0.4) is 0 Å². The van der Waals surface area contributed by atoms with Crippen LogP contribution in [0.4, 0.5) is 0 Å². The number of aromatic nitrogens is 3. The first-order valence-electron chi connectivity index (χ1n) is 10.7. The monoisotopic (exact) mass is 414 g/mol. The lowest BCUT2D eigenvalue weighted by molar-refractivity contribution is 0.333. The summed E-state index contributed by atoms with van der Waals surface area (Å²) in [5.74, 6) is 0.761. The first-order chi connectivity index (χ1) is 15.2. The van der Waals surface area contributed by atoms with Gasteiger partial charge in [0.05, 0.1) is 18.4 Å². The largest absolute Gasteiger partial charge is 0.497 e. The van der Waals surface area contributed by atoms with Gasteiger partial charge in [0.1, 0.15) is 11.4 Å². The van der Waals surface area contributed by atoms with Gasteiger partial charge in [0.25, 0.3) is 5.56 Å². The van der Waals surface area contributed by atoms with E-state index < -0.39 is 0 Å².